The summed E-state index contributed by atoms with van der Waals surface area (Å²) in [5, 5.41) is 8.50. The van der Waals surface area contributed by atoms with Gasteiger partial charge in [0.15, 0.2) is 8.77 Å². The van der Waals surface area contributed by atoms with Gasteiger partial charge in [-0.15, -0.1) is 4.33 Å². The van der Waals surface area contributed by atoms with E-state index in [0.717, 1.165) is 24.0 Å². The summed E-state index contributed by atoms with van der Waals surface area (Å²) in [5.74, 6) is 0.673. The lowest BCUT2D eigenvalue weighted by atomic mass is 9.85. The highest BCUT2D eigenvalue weighted by Gasteiger charge is 2.18. The van der Waals surface area contributed by atoms with E-state index in [1.54, 1.807) is 0 Å². The maximum absolute atomic E-state index is 11.8. The molecule has 6 heteroatoms. The van der Waals surface area contributed by atoms with Gasteiger partial charge < -0.3 is 0 Å². The lowest BCUT2D eigenvalue weighted by Gasteiger charge is -2.19. The molecule has 0 saturated heterocycles. The number of ketones is 1. The normalized spacial score (nSPS) is 16.7. The lowest BCUT2D eigenvalue weighted by Crippen LogP contribution is -2.13. The van der Waals surface area contributed by atoms with Gasteiger partial charge in [-0.05, 0) is 29.9 Å². The number of Topliss-reactive ketones (excluding diaryl/α,β-unsaturated/α-hetero) is 1. The van der Waals surface area contributed by atoms with Crippen molar-refractivity contribution in [3.8, 4) is 0 Å². The smallest absolute Gasteiger partial charge is 0.177 e. The maximum atomic E-state index is 11.8. The topological polar surface area (TPSA) is 63.6 Å². The third-order valence-corrected chi connectivity index (χ3v) is 5.39. The summed E-state index contributed by atoms with van der Waals surface area (Å²) >= 11 is 4.65. The molecule has 0 saturated carbocycles. The van der Waals surface area contributed by atoms with E-state index in [2.05, 4.69) is 22.4 Å². The van der Waals surface area contributed by atoms with E-state index < -0.39 is 8.77 Å². The second-order valence-corrected chi connectivity index (χ2v) is 8.66. The Balaban J connectivity index is 2.81. The van der Waals surface area contributed by atoms with Crippen molar-refractivity contribution < 1.29 is 18.6 Å². The molecule has 3 atom stereocenters. The Bertz CT molecular complexity index is 579. The van der Waals surface area contributed by atoms with Gasteiger partial charge in [-0.25, -0.2) is 9.47 Å². The summed E-state index contributed by atoms with van der Waals surface area (Å²) in [4.78, 5) is 11.8. The summed E-state index contributed by atoms with van der Waals surface area (Å²) in [6.07, 6.45) is 2.36. The summed E-state index contributed by atoms with van der Waals surface area (Å²) in [6.45, 7) is 5.98. The Morgan fingerprint density at radius 3 is 2.36 bits per heavy atom. The first-order valence-electron chi connectivity index (χ1n) is 7.50. The van der Waals surface area contributed by atoms with Gasteiger partial charge >= 0.3 is 0 Å². The zero-order valence-electron chi connectivity index (χ0n) is 13.3. The Morgan fingerprint density at radius 1 is 1.32 bits per heavy atom. The summed E-state index contributed by atoms with van der Waals surface area (Å²) < 4.78 is 15.4. The minimum atomic E-state index is -3.10. The predicted octanol–water partition coefficient (Wildman–Crippen LogP) is 3.84. The lowest BCUT2D eigenvalue weighted by molar-refractivity contribution is -0.125. The molecule has 0 spiro atoms. The Hall–Kier alpha value is -0.820. The molecule has 1 aromatic carbocycles. The van der Waals surface area contributed by atoms with E-state index >= 15 is 0 Å². The van der Waals surface area contributed by atoms with Crippen molar-refractivity contribution >= 4 is 25.7 Å². The third-order valence-electron chi connectivity index (χ3n) is 3.94. The van der Waals surface area contributed by atoms with Gasteiger partial charge in [-0.3, -0.25) is 4.79 Å². The molecule has 0 aliphatic carbocycles. The van der Waals surface area contributed by atoms with E-state index in [0.29, 0.717) is 18.1 Å². The van der Waals surface area contributed by atoms with Crippen LogP contribution in [0.3, 0.4) is 0 Å². The monoisotopic (exact) mass is 344 g/mol. The van der Waals surface area contributed by atoms with Gasteiger partial charge in [0, 0.05) is 23.5 Å². The molecular formula is C16H24O4S2. The molecule has 22 heavy (non-hydrogen) atoms. The van der Waals surface area contributed by atoms with Crippen molar-refractivity contribution in [2.45, 2.75) is 51.7 Å². The van der Waals surface area contributed by atoms with Crippen LogP contribution in [0.4, 0.5) is 0 Å². The predicted molar refractivity (Wildman–Crippen MR) is 91.5 cm³/mol. The first-order valence-corrected chi connectivity index (χ1v) is 10.1. The van der Waals surface area contributed by atoms with Crippen molar-refractivity contribution in [3.05, 3.63) is 35.4 Å². The first-order chi connectivity index (χ1) is 10.3. The molecule has 1 aromatic rings. The van der Waals surface area contributed by atoms with Crippen LogP contribution >= 0.6 is 0 Å². The molecule has 0 radical (unpaired) electrons. The van der Waals surface area contributed by atoms with Crippen molar-refractivity contribution in [3.63, 3.8) is 0 Å². The van der Waals surface area contributed by atoms with Gasteiger partial charge in [0.25, 0.3) is 0 Å². The van der Waals surface area contributed by atoms with Crippen LogP contribution in [0.15, 0.2) is 24.3 Å². The van der Waals surface area contributed by atoms with Gasteiger partial charge in [-0.1, -0.05) is 45.0 Å². The van der Waals surface area contributed by atoms with Crippen molar-refractivity contribution in [1.29, 1.82) is 0 Å². The highest BCUT2D eigenvalue weighted by atomic mass is 32.8. The average Bonchev–Trinajstić information content (AvgIpc) is 2.52. The van der Waals surface area contributed by atoms with Crippen molar-refractivity contribution in [1.82, 2.24) is 0 Å². The number of hydrogen-bond acceptors (Lipinski definition) is 5. The summed E-state index contributed by atoms with van der Waals surface area (Å²) in [6, 6.07) is 7.62. The molecule has 1 rings (SSSR count). The zero-order chi connectivity index (χ0) is 16.8. The van der Waals surface area contributed by atoms with Crippen LogP contribution in [0.5, 0.6) is 0 Å². The molecule has 0 heterocycles. The second-order valence-electron chi connectivity index (χ2n) is 5.58. The molecule has 0 fully saturated rings. The van der Waals surface area contributed by atoms with E-state index in [4.69, 9.17) is 5.26 Å². The molecule has 0 bridgehead atoms. The van der Waals surface area contributed by atoms with Crippen LogP contribution in [0.2, 0.25) is 0 Å². The molecule has 124 valence electrons. The van der Waals surface area contributed by atoms with Crippen LogP contribution in [-0.4, -0.2) is 15.2 Å². The quantitative estimate of drug-likeness (QED) is 0.545. The summed E-state index contributed by atoms with van der Waals surface area (Å²) in [7, 11) is -3.10. The van der Waals surface area contributed by atoms with Crippen molar-refractivity contribution in [2.75, 3.05) is 0 Å². The molecular weight excluding hydrogens is 320 g/mol. The molecule has 4 nitrogen and oxygen atoms in total. The number of hydrogen-bond donors (Lipinski definition) is 1. The molecule has 1 N–H and O–H groups in total. The van der Waals surface area contributed by atoms with Crippen LogP contribution in [0, 0.1) is 5.92 Å². The fraction of sp³-hybridized carbons (Fsp3) is 0.562. The second kappa shape index (κ2) is 8.72. The van der Waals surface area contributed by atoms with Gasteiger partial charge in [0.05, 0.1) is 5.75 Å². The van der Waals surface area contributed by atoms with Crippen LogP contribution in [0.25, 0.3) is 0 Å². The SMILES string of the molecule is CCC(=O)C(C)CC(CC)c1ccc(CS(=O)(=S)OO)cc1. The van der Waals surface area contributed by atoms with Crippen molar-refractivity contribution in [2.24, 2.45) is 5.92 Å². The number of rotatable bonds is 9. The first kappa shape index (κ1) is 19.2. The molecule has 3 unspecified atom stereocenters. The number of benzene rings is 1. The van der Waals surface area contributed by atoms with E-state index in [1.807, 2.05) is 38.1 Å². The third kappa shape index (κ3) is 5.76. The standard InChI is InChI=1S/C16H24O4S2/c1-4-14(10-12(3)16(17)5-2)15-8-6-13(7-9-15)11-22(19,21)20-18/h6-9,12,14,18H,4-5,10-11H2,1-3H3. The highest BCUT2D eigenvalue weighted by molar-refractivity contribution is 8.29. The van der Waals surface area contributed by atoms with Crippen LogP contribution in [-0.2, 0) is 34.8 Å². The fourth-order valence-corrected chi connectivity index (χ4v) is 3.62. The maximum Gasteiger partial charge on any atom is 0.177 e. The summed E-state index contributed by atoms with van der Waals surface area (Å²) in [5.41, 5.74) is 1.91. The van der Waals surface area contributed by atoms with E-state index in [1.165, 1.54) is 0 Å². The van der Waals surface area contributed by atoms with E-state index in [9.17, 15) is 9.00 Å². The van der Waals surface area contributed by atoms with Crippen LogP contribution in [0.1, 0.15) is 57.1 Å². The average molecular weight is 344 g/mol. The minimum absolute atomic E-state index is 0.000623. The zero-order valence-corrected chi connectivity index (χ0v) is 14.9. The fourth-order valence-electron chi connectivity index (χ4n) is 2.56. The Kier molecular flexibility index (Phi) is 7.62. The largest absolute Gasteiger partial charge is 0.299 e. The highest BCUT2D eigenvalue weighted by Crippen LogP contribution is 2.28. The van der Waals surface area contributed by atoms with E-state index in [-0.39, 0.29) is 11.7 Å². The van der Waals surface area contributed by atoms with Gasteiger partial charge in [-0.2, -0.15) is 0 Å². The molecule has 0 aliphatic rings. The van der Waals surface area contributed by atoms with Gasteiger partial charge in [0.1, 0.15) is 5.78 Å². The Morgan fingerprint density at radius 2 is 1.91 bits per heavy atom. The minimum Gasteiger partial charge on any atom is -0.299 e. The van der Waals surface area contributed by atoms with Gasteiger partial charge in [0.2, 0.25) is 0 Å². The molecule has 0 aromatic heterocycles. The Labute approximate surface area is 137 Å². The van der Waals surface area contributed by atoms with Crippen LogP contribution < -0.4 is 0 Å². The number of carbonyl (C=O) groups is 1. The number of carbonyl (C=O) groups excluding carboxylic acids is 1. The molecule has 0 amide bonds. The molecule has 0 aliphatic heterocycles.